The van der Waals surface area contributed by atoms with Gasteiger partial charge in [-0.1, -0.05) is 6.07 Å². The van der Waals surface area contributed by atoms with Gasteiger partial charge >= 0.3 is 7.12 Å². The lowest BCUT2D eigenvalue weighted by atomic mass is 9.79. The fourth-order valence-electron chi connectivity index (χ4n) is 2.81. The fraction of sp³-hybridized carbons (Fsp3) is 0.429. The first-order valence-electron chi connectivity index (χ1n) is 7.80. The Hall–Kier alpha value is -2.62. The van der Waals surface area contributed by atoms with Gasteiger partial charge in [0.2, 0.25) is 5.91 Å². The monoisotopic (exact) mass is 329 g/mol. The van der Waals surface area contributed by atoms with E-state index in [1.807, 2.05) is 12.1 Å². The number of carbonyl (C=O) groups excluding carboxylic acids is 1. The van der Waals surface area contributed by atoms with Crippen LogP contribution in [-0.4, -0.2) is 62.4 Å². The minimum atomic E-state index is -0.754. The molecule has 1 aromatic carbocycles. The minimum absolute atomic E-state index is 0.0425. The van der Waals surface area contributed by atoms with Gasteiger partial charge in [-0.05, 0) is 34.8 Å². The Balaban J connectivity index is 1.30. The highest BCUT2D eigenvalue weighted by Crippen LogP contribution is 2.31. The standard InChI is InChI=1S/C14H16BN5O4/c21-14(8-20-9-16-17-18-20)19-6-12(7-19)23-11-2-1-10-3-4-15(22)24-13(10)5-11/h1-2,5,9,12,22H,3-4,6-8H2. The predicted octanol–water partition coefficient (Wildman–Crippen LogP) is -0.622. The van der Waals surface area contributed by atoms with E-state index in [0.29, 0.717) is 30.9 Å². The second-order valence-electron chi connectivity index (χ2n) is 5.93. The van der Waals surface area contributed by atoms with Gasteiger partial charge in [0, 0.05) is 6.07 Å². The third-order valence-corrected chi connectivity index (χ3v) is 4.15. The van der Waals surface area contributed by atoms with Crippen molar-refractivity contribution in [3.63, 3.8) is 0 Å². The molecule has 0 atom stereocenters. The lowest BCUT2D eigenvalue weighted by molar-refractivity contribution is -0.140. The molecule has 24 heavy (non-hydrogen) atoms. The van der Waals surface area contributed by atoms with Crippen molar-refractivity contribution < 1.29 is 19.2 Å². The number of benzene rings is 1. The van der Waals surface area contributed by atoms with Crippen LogP contribution >= 0.6 is 0 Å². The lowest BCUT2D eigenvalue weighted by Gasteiger charge is -2.39. The summed E-state index contributed by atoms with van der Waals surface area (Å²) in [5.41, 5.74) is 1.07. The molecule has 1 fully saturated rings. The molecule has 3 heterocycles. The van der Waals surface area contributed by atoms with Crippen molar-refractivity contribution in [3.8, 4) is 11.5 Å². The van der Waals surface area contributed by atoms with Crippen molar-refractivity contribution in [3.05, 3.63) is 30.1 Å². The molecule has 0 saturated carbocycles. The maximum atomic E-state index is 12.0. The zero-order chi connectivity index (χ0) is 16.5. The number of fused-ring (bicyclic) bond motifs is 1. The topological polar surface area (TPSA) is 103 Å². The van der Waals surface area contributed by atoms with E-state index in [2.05, 4.69) is 15.5 Å². The summed E-state index contributed by atoms with van der Waals surface area (Å²) in [6.45, 7) is 1.19. The average Bonchev–Trinajstić information content (AvgIpc) is 3.02. The SMILES string of the molecule is O=C(Cn1cnnn1)N1CC(Oc2ccc3c(c2)OB(O)CC3)C1. The Bertz CT molecular complexity index is 735. The van der Waals surface area contributed by atoms with Gasteiger partial charge in [-0.3, -0.25) is 4.79 Å². The fourth-order valence-corrected chi connectivity index (χ4v) is 2.81. The smallest absolute Gasteiger partial charge is 0.522 e. The number of likely N-dealkylation sites (tertiary alicyclic amines) is 1. The Labute approximate surface area is 138 Å². The summed E-state index contributed by atoms with van der Waals surface area (Å²) in [6, 6.07) is 5.64. The molecule has 0 radical (unpaired) electrons. The van der Waals surface area contributed by atoms with Crippen LogP contribution in [0.4, 0.5) is 0 Å². The summed E-state index contributed by atoms with van der Waals surface area (Å²) < 4.78 is 12.7. The quantitative estimate of drug-likeness (QED) is 0.746. The van der Waals surface area contributed by atoms with Crippen LogP contribution in [0.5, 0.6) is 11.5 Å². The van der Waals surface area contributed by atoms with E-state index in [9.17, 15) is 9.82 Å². The molecule has 2 aliphatic rings. The number of ether oxygens (including phenoxy) is 1. The van der Waals surface area contributed by atoms with Gasteiger partial charge in [0.1, 0.15) is 30.5 Å². The largest absolute Gasteiger partial charge is 0.536 e. The number of hydrogen-bond acceptors (Lipinski definition) is 7. The van der Waals surface area contributed by atoms with Crippen molar-refractivity contribution in [2.24, 2.45) is 0 Å². The Morgan fingerprint density at radius 3 is 3.12 bits per heavy atom. The van der Waals surface area contributed by atoms with E-state index in [0.717, 1.165) is 12.0 Å². The molecule has 0 spiro atoms. The molecule has 9 nitrogen and oxygen atoms in total. The van der Waals surface area contributed by atoms with Crippen LogP contribution in [0.15, 0.2) is 24.5 Å². The zero-order valence-corrected chi connectivity index (χ0v) is 12.9. The Morgan fingerprint density at radius 1 is 1.46 bits per heavy atom. The summed E-state index contributed by atoms with van der Waals surface area (Å²) >= 11 is 0. The molecular weight excluding hydrogens is 313 g/mol. The highest BCUT2D eigenvalue weighted by Gasteiger charge is 2.32. The van der Waals surface area contributed by atoms with Crippen LogP contribution in [0.25, 0.3) is 0 Å². The molecule has 2 aliphatic heterocycles. The third-order valence-electron chi connectivity index (χ3n) is 4.15. The van der Waals surface area contributed by atoms with Crippen molar-refractivity contribution in [2.45, 2.75) is 25.4 Å². The number of carbonyl (C=O) groups is 1. The van der Waals surface area contributed by atoms with E-state index in [-0.39, 0.29) is 18.6 Å². The first kappa shape index (κ1) is 14.9. The van der Waals surface area contributed by atoms with Gasteiger partial charge in [0.25, 0.3) is 0 Å². The van der Waals surface area contributed by atoms with E-state index in [4.69, 9.17) is 9.39 Å². The molecule has 4 rings (SSSR count). The highest BCUT2D eigenvalue weighted by atomic mass is 16.5. The van der Waals surface area contributed by atoms with Gasteiger partial charge in [-0.2, -0.15) is 0 Å². The lowest BCUT2D eigenvalue weighted by Crippen LogP contribution is -2.56. The second-order valence-corrected chi connectivity index (χ2v) is 5.93. The van der Waals surface area contributed by atoms with Crippen LogP contribution in [0, 0.1) is 0 Å². The number of amides is 1. The average molecular weight is 329 g/mol. The predicted molar refractivity (Wildman–Crippen MR) is 82.4 cm³/mol. The molecule has 1 N–H and O–H groups in total. The molecule has 1 aromatic heterocycles. The highest BCUT2D eigenvalue weighted by molar-refractivity contribution is 6.44. The summed E-state index contributed by atoms with van der Waals surface area (Å²) in [5, 5.41) is 20.2. The number of tetrazole rings is 1. The molecular formula is C14H16BN5O4. The van der Waals surface area contributed by atoms with Crippen LogP contribution in [-0.2, 0) is 17.8 Å². The van der Waals surface area contributed by atoms with Crippen LogP contribution in [0.2, 0.25) is 6.32 Å². The number of rotatable bonds is 4. The number of aryl methyl sites for hydroxylation is 1. The maximum absolute atomic E-state index is 12.0. The number of nitrogens with zero attached hydrogens (tertiary/aromatic N) is 5. The second kappa shape index (κ2) is 6.12. The maximum Gasteiger partial charge on any atom is 0.522 e. The third kappa shape index (κ3) is 3.05. The molecule has 2 aromatic rings. The molecule has 1 saturated heterocycles. The molecule has 0 unspecified atom stereocenters. The van der Waals surface area contributed by atoms with Crippen LogP contribution in [0.3, 0.4) is 0 Å². The molecule has 0 aliphatic carbocycles. The Kier molecular flexibility index (Phi) is 3.81. The normalized spacial score (nSPS) is 17.0. The van der Waals surface area contributed by atoms with E-state index in [1.165, 1.54) is 11.0 Å². The van der Waals surface area contributed by atoms with E-state index >= 15 is 0 Å². The van der Waals surface area contributed by atoms with Crippen molar-refractivity contribution in [2.75, 3.05) is 13.1 Å². The summed E-state index contributed by atoms with van der Waals surface area (Å²) in [7, 11) is -0.754. The van der Waals surface area contributed by atoms with E-state index in [1.54, 1.807) is 11.0 Å². The van der Waals surface area contributed by atoms with Crippen molar-refractivity contribution in [1.29, 1.82) is 0 Å². The first-order valence-corrected chi connectivity index (χ1v) is 7.80. The van der Waals surface area contributed by atoms with Crippen molar-refractivity contribution in [1.82, 2.24) is 25.1 Å². The Morgan fingerprint density at radius 2 is 2.33 bits per heavy atom. The summed E-state index contributed by atoms with van der Waals surface area (Å²) in [5.74, 6) is 1.30. The summed E-state index contributed by atoms with van der Waals surface area (Å²) in [4.78, 5) is 13.7. The molecule has 0 bridgehead atoms. The first-order chi connectivity index (χ1) is 11.7. The van der Waals surface area contributed by atoms with Crippen LogP contribution < -0.4 is 9.39 Å². The number of hydrogen-bond donors (Lipinski definition) is 1. The van der Waals surface area contributed by atoms with Gasteiger partial charge < -0.3 is 19.3 Å². The molecule has 1 amide bonds. The van der Waals surface area contributed by atoms with Crippen molar-refractivity contribution >= 4 is 13.0 Å². The molecule has 10 heteroatoms. The molecule has 124 valence electrons. The van der Waals surface area contributed by atoms with Gasteiger partial charge in [-0.15, -0.1) is 5.10 Å². The number of aromatic nitrogens is 4. The van der Waals surface area contributed by atoms with Gasteiger partial charge in [0.15, 0.2) is 0 Å². The van der Waals surface area contributed by atoms with Gasteiger partial charge in [-0.25, -0.2) is 4.68 Å². The summed E-state index contributed by atoms with van der Waals surface area (Å²) in [6.07, 6.45) is 2.76. The van der Waals surface area contributed by atoms with E-state index < -0.39 is 7.12 Å². The zero-order valence-electron chi connectivity index (χ0n) is 12.9. The van der Waals surface area contributed by atoms with Crippen LogP contribution in [0.1, 0.15) is 5.56 Å². The minimum Gasteiger partial charge on any atom is -0.536 e. The van der Waals surface area contributed by atoms with Gasteiger partial charge in [0.05, 0.1) is 13.1 Å².